The molecule has 0 unspecified atom stereocenters. The third kappa shape index (κ3) is 4.09. The second-order valence-electron chi connectivity index (χ2n) is 2.25. The highest BCUT2D eigenvalue weighted by Gasteiger charge is 2.40. The van der Waals surface area contributed by atoms with E-state index in [4.69, 9.17) is 13.3 Å². The van der Waals surface area contributed by atoms with Gasteiger partial charge in [-0.15, -0.1) is 0 Å². The van der Waals surface area contributed by atoms with Gasteiger partial charge in [0.05, 0.1) is 0 Å². The van der Waals surface area contributed by atoms with Gasteiger partial charge in [0, 0.05) is 27.5 Å². The van der Waals surface area contributed by atoms with Gasteiger partial charge in [-0.05, 0) is 0 Å². The van der Waals surface area contributed by atoms with Crippen LogP contribution in [0.15, 0.2) is 0 Å². The van der Waals surface area contributed by atoms with Crippen molar-refractivity contribution < 1.29 is 22.9 Å². The Morgan fingerprint density at radius 1 is 1.08 bits per heavy atom. The Morgan fingerprint density at radius 3 is 1.58 bits per heavy atom. The molecule has 0 bridgehead atoms. The number of hydrogen-bond acceptors (Lipinski definition) is 5. The highest BCUT2D eigenvalue weighted by atomic mass is 28.4. The predicted molar refractivity (Wildman–Crippen MR) is 42.2 cm³/mol. The van der Waals surface area contributed by atoms with Crippen LogP contribution in [-0.4, -0.2) is 27.9 Å². The van der Waals surface area contributed by atoms with Gasteiger partial charge in [-0.2, -0.15) is 0 Å². The van der Waals surface area contributed by atoms with Crippen LogP contribution in [0.4, 0.5) is 0 Å². The maximum Gasteiger partial charge on any atom is 0.632 e. The highest BCUT2D eigenvalue weighted by Crippen LogP contribution is 2.07. The fourth-order valence-corrected chi connectivity index (χ4v) is 1.88. The molecule has 5 nitrogen and oxygen atoms in total. The molecule has 0 aromatic rings. The quantitative estimate of drug-likeness (QED) is 0.603. The topological polar surface area (TPSA) is 61.8 Å². The third-order valence-electron chi connectivity index (χ3n) is 1.03. The fraction of sp³-hybridized carbons (Fsp3) is 0.667. The van der Waals surface area contributed by atoms with Gasteiger partial charge in [0.1, 0.15) is 0 Å². The van der Waals surface area contributed by atoms with Gasteiger partial charge in [-0.1, -0.05) is 0 Å². The summed E-state index contributed by atoms with van der Waals surface area (Å²) < 4.78 is 14.3. The van der Waals surface area contributed by atoms with E-state index < -0.39 is 20.7 Å². The number of hydrogen-bond donors (Lipinski definition) is 0. The van der Waals surface area contributed by atoms with Gasteiger partial charge in [0.25, 0.3) is 11.9 Å². The average molecular weight is 192 g/mol. The summed E-state index contributed by atoms with van der Waals surface area (Å²) in [6, 6.07) is 0. The van der Waals surface area contributed by atoms with Crippen molar-refractivity contribution in [3.05, 3.63) is 0 Å². The highest BCUT2D eigenvalue weighted by molar-refractivity contribution is 6.62. The van der Waals surface area contributed by atoms with Crippen LogP contribution in [0.25, 0.3) is 0 Å². The van der Waals surface area contributed by atoms with E-state index in [1.54, 1.807) is 0 Å². The van der Waals surface area contributed by atoms with Gasteiger partial charge in [0.15, 0.2) is 0 Å². The molecule has 0 N–H and O–H groups in total. The average Bonchev–Trinajstić information content (AvgIpc) is 1.83. The lowest BCUT2D eigenvalue weighted by atomic mass is 10.9. The molecule has 0 aliphatic heterocycles. The van der Waals surface area contributed by atoms with E-state index in [1.165, 1.54) is 27.5 Å². The molecule has 6 heteroatoms. The van der Waals surface area contributed by atoms with Crippen LogP contribution in [-0.2, 0) is 22.9 Å². The molecule has 0 amide bonds. The van der Waals surface area contributed by atoms with E-state index in [0.29, 0.717) is 0 Å². The van der Waals surface area contributed by atoms with Gasteiger partial charge in [-0.3, -0.25) is 9.59 Å². The van der Waals surface area contributed by atoms with Crippen LogP contribution in [0.1, 0.15) is 13.8 Å². The first kappa shape index (κ1) is 11.1. The Labute approximate surface area is 72.0 Å². The second-order valence-corrected chi connectivity index (χ2v) is 4.80. The summed E-state index contributed by atoms with van der Waals surface area (Å²) in [7, 11) is -1.72. The smallest absolute Gasteiger partial charge is 0.465 e. The molecule has 12 heavy (non-hydrogen) atoms. The maximum atomic E-state index is 10.5. The minimum atomic E-state index is -3.05. The number of carbonyl (C=O) groups is 2. The summed E-state index contributed by atoms with van der Waals surface area (Å²) in [5.74, 6) is -1.04. The molecule has 0 aromatic carbocycles. The fourth-order valence-electron chi connectivity index (χ4n) is 0.626. The second kappa shape index (κ2) is 4.22. The molecule has 0 saturated heterocycles. The van der Waals surface area contributed by atoms with E-state index in [-0.39, 0.29) is 0 Å². The van der Waals surface area contributed by atoms with Gasteiger partial charge >= 0.3 is 8.80 Å². The zero-order chi connectivity index (χ0) is 9.78. The Bertz CT molecular complexity index is 174. The zero-order valence-corrected chi connectivity index (χ0v) is 8.54. The molecule has 0 rings (SSSR count). The number of rotatable bonds is 3. The molecule has 0 aromatic heterocycles. The van der Waals surface area contributed by atoms with Gasteiger partial charge in [0.2, 0.25) is 0 Å². The Hall–Kier alpha value is -0.883. The zero-order valence-electron chi connectivity index (χ0n) is 7.54. The summed E-state index contributed by atoms with van der Waals surface area (Å²) in [4.78, 5) is 21.1. The summed E-state index contributed by atoms with van der Waals surface area (Å²) >= 11 is 0. The lowest BCUT2D eigenvalue weighted by Crippen LogP contribution is -2.44. The normalized spacial score (nSPS) is 10.7. The SMILES string of the molecule is CO[Si](C)(OC(C)=O)OC(C)=O. The molecule has 0 saturated carbocycles. The van der Waals surface area contributed by atoms with Crippen LogP contribution in [0.2, 0.25) is 6.55 Å². The van der Waals surface area contributed by atoms with Crippen molar-refractivity contribution in [1.82, 2.24) is 0 Å². The Morgan fingerprint density at radius 2 is 1.42 bits per heavy atom. The molecule has 0 aliphatic carbocycles. The molecule has 0 spiro atoms. The molecule has 70 valence electrons. The van der Waals surface area contributed by atoms with Crippen LogP contribution in [0.3, 0.4) is 0 Å². The molecular weight excluding hydrogens is 180 g/mol. The minimum absolute atomic E-state index is 0.521. The van der Waals surface area contributed by atoms with Crippen LogP contribution in [0, 0.1) is 0 Å². The Kier molecular flexibility index (Phi) is 3.91. The molecular formula is C6H12O5Si. The summed E-state index contributed by atoms with van der Waals surface area (Å²) in [5, 5.41) is 0. The van der Waals surface area contributed by atoms with Crippen molar-refractivity contribution in [3.63, 3.8) is 0 Å². The molecule has 0 radical (unpaired) electrons. The minimum Gasteiger partial charge on any atom is -0.465 e. The van der Waals surface area contributed by atoms with E-state index in [9.17, 15) is 9.59 Å². The van der Waals surface area contributed by atoms with E-state index >= 15 is 0 Å². The van der Waals surface area contributed by atoms with Crippen LogP contribution >= 0.6 is 0 Å². The predicted octanol–water partition coefficient (Wildman–Crippen LogP) is 0.328. The van der Waals surface area contributed by atoms with Crippen molar-refractivity contribution in [2.75, 3.05) is 7.11 Å². The summed E-state index contributed by atoms with van der Waals surface area (Å²) in [6.45, 7) is 3.93. The van der Waals surface area contributed by atoms with Gasteiger partial charge < -0.3 is 13.3 Å². The lowest BCUT2D eigenvalue weighted by Gasteiger charge is -2.21. The third-order valence-corrected chi connectivity index (χ3v) is 3.09. The van der Waals surface area contributed by atoms with Crippen molar-refractivity contribution >= 4 is 20.7 Å². The van der Waals surface area contributed by atoms with E-state index in [0.717, 1.165) is 0 Å². The van der Waals surface area contributed by atoms with Crippen molar-refractivity contribution in [2.24, 2.45) is 0 Å². The van der Waals surface area contributed by atoms with Crippen molar-refractivity contribution in [1.29, 1.82) is 0 Å². The van der Waals surface area contributed by atoms with Crippen molar-refractivity contribution in [3.8, 4) is 0 Å². The van der Waals surface area contributed by atoms with Crippen molar-refractivity contribution in [2.45, 2.75) is 20.4 Å². The monoisotopic (exact) mass is 192 g/mol. The Balaban J connectivity index is 4.23. The maximum absolute atomic E-state index is 10.5. The summed E-state index contributed by atoms with van der Waals surface area (Å²) in [5.41, 5.74) is 0. The first-order valence-corrected chi connectivity index (χ1v) is 5.56. The number of carbonyl (C=O) groups excluding carboxylic acids is 2. The molecule has 0 aliphatic rings. The standard InChI is InChI=1S/C6H12O5Si/c1-5(7)10-12(4,9-3)11-6(2)8/h1-4H3. The molecule has 0 atom stereocenters. The first-order valence-electron chi connectivity index (χ1n) is 3.34. The molecule has 0 heterocycles. The van der Waals surface area contributed by atoms with Crippen LogP contribution in [0.5, 0.6) is 0 Å². The van der Waals surface area contributed by atoms with E-state index in [1.807, 2.05) is 0 Å². The molecule has 0 fully saturated rings. The summed E-state index contributed by atoms with van der Waals surface area (Å²) in [6.07, 6.45) is 0. The van der Waals surface area contributed by atoms with Gasteiger partial charge in [-0.25, -0.2) is 0 Å². The first-order chi connectivity index (χ1) is 5.39. The van der Waals surface area contributed by atoms with Crippen LogP contribution < -0.4 is 0 Å². The lowest BCUT2D eigenvalue weighted by molar-refractivity contribution is -0.142. The van der Waals surface area contributed by atoms with E-state index in [2.05, 4.69) is 0 Å². The largest absolute Gasteiger partial charge is 0.632 e.